The Kier molecular flexibility index (Phi) is 4.78. The largest absolute Gasteiger partial charge is 0.507 e. The highest BCUT2D eigenvalue weighted by Crippen LogP contribution is 2.44. The number of aromatic nitrogens is 1. The molecule has 4 nitrogen and oxygen atoms in total. The number of carbonyl (C=O) groups is 1. The van der Waals surface area contributed by atoms with Crippen molar-refractivity contribution in [1.29, 1.82) is 0 Å². The molecule has 6 heteroatoms. The van der Waals surface area contributed by atoms with Crippen molar-refractivity contribution in [3.63, 3.8) is 0 Å². The summed E-state index contributed by atoms with van der Waals surface area (Å²) >= 11 is 0. The van der Waals surface area contributed by atoms with Gasteiger partial charge in [-0.3, -0.25) is 0 Å². The first-order valence-corrected chi connectivity index (χ1v) is 9.45. The molecule has 0 unspecified atom stereocenters. The van der Waals surface area contributed by atoms with Crippen molar-refractivity contribution in [2.45, 2.75) is 19.8 Å². The smallest absolute Gasteiger partial charge is 0.335 e. The van der Waals surface area contributed by atoms with Crippen LogP contribution in [0.15, 0.2) is 60.7 Å². The normalized spacial score (nSPS) is 11.4. The topological polar surface area (TPSA) is 62.5 Å². The van der Waals surface area contributed by atoms with E-state index in [1.165, 1.54) is 18.2 Å². The number of carboxylic acid groups (broad SMARTS) is 1. The summed E-state index contributed by atoms with van der Waals surface area (Å²) in [6.07, 6.45) is 0. The molecule has 0 amide bonds. The number of phenolic OH excluding ortho intramolecular Hbond substituents is 1. The van der Waals surface area contributed by atoms with Gasteiger partial charge in [-0.2, -0.15) is 0 Å². The van der Waals surface area contributed by atoms with Crippen LogP contribution in [0.1, 0.15) is 35.8 Å². The van der Waals surface area contributed by atoms with E-state index in [-0.39, 0.29) is 17.2 Å². The lowest BCUT2D eigenvalue weighted by Crippen LogP contribution is -2.04. The molecule has 1 aromatic heterocycles. The van der Waals surface area contributed by atoms with Crippen molar-refractivity contribution < 1.29 is 23.8 Å². The molecule has 0 aliphatic rings. The zero-order chi connectivity index (χ0) is 21.6. The summed E-state index contributed by atoms with van der Waals surface area (Å²) in [5.41, 5.74) is 3.46. The van der Waals surface area contributed by atoms with Gasteiger partial charge in [0.2, 0.25) is 0 Å². The molecule has 4 aromatic rings. The Hall–Kier alpha value is -3.67. The molecule has 152 valence electrons. The van der Waals surface area contributed by atoms with Gasteiger partial charge in [-0.25, -0.2) is 13.6 Å². The van der Waals surface area contributed by atoms with Crippen molar-refractivity contribution in [3.05, 3.63) is 83.6 Å². The summed E-state index contributed by atoms with van der Waals surface area (Å²) in [6, 6.07) is 15.1. The average Bonchev–Trinajstić information content (AvgIpc) is 3.07. The zero-order valence-corrected chi connectivity index (χ0v) is 16.4. The summed E-state index contributed by atoms with van der Waals surface area (Å²) in [5, 5.41) is 20.4. The summed E-state index contributed by atoms with van der Waals surface area (Å²) < 4.78 is 29.4. The number of benzene rings is 3. The minimum absolute atomic E-state index is 0.0425. The highest BCUT2D eigenvalue weighted by molar-refractivity contribution is 6.03. The number of aromatic hydroxyl groups is 1. The molecule has 0 radical (unpaired) electrons. The van der Waals surface area contributed by atoms with E-state index >= 15 is 0 Å². The minimum atomic E-state index is -1.03. The first-order valence-electron chi connectivity index (χ1n) is 9.45. The second-order valence-electron chi connectivity index (χ2n) is 7.40. The molecule has 4 rings (SSSR count). The third-order valence-electron chi connectivity index (χ3n) is 5.14. The highest BCUT2D eigenvalue weighted by Gasteiger charge is 2.24. The summed E-state index contributed by atoms with van der Waals surface area (Å²) in [5.74, 6) is -2.92. The van der Waals surface area contributed by atoms with Crippen molar-refractivity contribution in [2.24, 2.45) is 0 Å². The third kappa shape index (κ3) is 3.10. The van der Waals surface area contributed by atoms with Crippen LogP contribution in [-0.4, -0.2) is 20.7 Å². The van der Waals surface area contributed by atoms with Crippen LogP contribution in [0, 0.1) is 11.6 Å². The Morgan fingerprint density at radius 2 is 1.67 bits per heavy atom. The molecule has 0 aliphatic carbocycles. The number of fused-ring (bicyclic) bond motifs is 1. The lowest BCUT2D eigenvalue weighted by Gasteiger charge is -2.16. The van der Waals surface area contributed by atoms with Crippen LogP contribution in [0.25, 0.3) is 27.7 Å². The SMILES string of the molecule is CC(C)c1c(-c2ccc(C(=O)O)cc2)c2c(O)cccc2n1-c1ccc(F)c(F)c1. The fourth-order valence-corrected chi connectivity index (χ4v) is 3.86. The van der Waals surface area contributed by atoms with Gasteiger partial charge < -0.3 is 14.8 Å². The van der Waals surface area contributed by atoms with Crippen LogP contribution in [0.3, 0.4) is 0 Å². The maximum absolute atomic E-state index is 14.0. The summed E-state index contributed by atoms with van der Waals surface area (Å²) in [4.78, 5) is 11.2. The van der Waals surface area contributed by atoms with Crippen LogP contribution in [-0.2, 0) is 0 Å². The molecule has 0 saturated heterocycles. The zero-order valence-electron chi connectivity index (χ0n) is 16.4. The van der Waals surface area contributed by atoms with Gasteiger partial charge in [0.1, 0.15) is 5.75 Å². The first-order chi connectivity index (χ1) is 14.3. The number of aromatic carboxylic acids is 1. The Bertz CT molecular complexity index is 1270. The molecular formula is C24H19F2NO3. The number of carboxylic acids is 1. The second kappa shape index (κ2) is 7.30. The van der Waals surface area contributed by atoms with E-state index in [4.69, 9.17) is 0 Å². The van der Waals surface area contributed by atoms with Gasteiger partial charge >= 0.3 is 5.97 Å². The van der Waals surface area contributed by atoms with Crippen molar-refractivity contribution >= 4 is 16.9 Å². The lowest BCUT2D eigenvalue weighted by molar-refractivity contribution is 0.0697. The van der Waals surface area contributed by atoms with Gasteiger partial charge in [0, 0.05) is 28.4 Å². The van der Waals surface area contributed by atoms with E-state index < -0.39 is 17.6 Å². The third-order valence-corrected chi connectivity index (χ3v) is 5.14. The molecule has 0 bridgehead atoms. The van der Waals surface area contributed by atoms with Gasteiger partial charge in [0.15, 0.2) is 11.6 Å². The number of rotatable bonds is 4. The second-order valence-corrected chi connectivity index (χ2v) is 7.40. The van der Waals surface area contributed by atoms with Crippen molar-refractivity contribution in [1.82, 2.24) is 4.57 Å². The predicted molar refractivity (Wildman–Crippen MR) is 111 cm³/mol. The molecular weight excluding hydrogens is 388 g/mol. The number of halogens is 2. The van der Waals surface area contributed by atoms with Crippen LogP contribution >= 0.6 is 0 Å². The summed E-state index contributed by atoms with van der Waals surface area (Å²) in [6.45, 7) is 3.94. The Labute approximate surface area is 171 Å². The monoisotopic (exact) mass is 407 g/mol. The van der Waals surface area contributed by atoms with Crippen LogP contribution in [0.5, 0.6) is 5.75 Å². The number of phenols is 1. The van der Waals surface area contributed by atoms with Gasteiger partial charge in [-0.05, 0) is 47.9 Å². The fourth-order valence-electron chi connectivity index (χ4n) is 3.86. The van der Waals surface area contributed by atoms with E-state index in [0.29, 0.717) is 16.6 Å². The number of hydrogen-bond donors (Lipinski definition) is 2. The quantitative estimate of drug-likeness (QED) is 0.429. The Morgan fingerprint density at radius 1 is 0.967 bits per heavy atom. The van der Waals surface area contributed by atoms with E-state index in [0.717, 1.165) is 29.0 Å². The van der Waals surface area contributed by atoms with E-state index in [1.807, 2.05) is 18.4 Å². The molecule has 0 atom stereocenters. The maximum atomic E-state index is 14.0. The standard InChI is InChI=1S/C24H19F2NO3/c1-13(2)23-21(14-6-8-15(9-7-14)24(29)30)22-19(4-3-5-20(22)28)27(23)16-10-11-17(25)18(26)12-16/h3-13,28H,1-2H3,(H,29,30). The number of hydrogen-bond acceptors (Lipinski definition) is 2. The fraction of sp³-hybridized carbons (Fsp3) is 0.125. The van der Waals surface area contributed by atoms with Gasteiger partial charge in [0.25, 0.3) is 0 Å². The predicted octanol–water partition coefficient (Wildman–Crippen LogP) is 6.10. The molecule has 0 saturated carbocycles. The maximum Gasteiger partial charge on any atom is 0.335 e. The highest BCUT2D eigenvalue weighted by atomic mass is 19.2. The first kappa shape index (κ1) is 19.6. The molecule has 0 fully saturated rings. The van der Waals surface area contributed by atoms with Gasteiger partial charge in [0.05, 0.1) is 11.1 Å². The van der Waals surface area contributed by atoms with E-state index in [9.17, 15) is 23.8 Å². The van der Waals surface area contributed by atoms with Crippen LogP contribution in [0.4, 0.5) is 8.78 Å². The van der Waals surface area contributed by atoms with E-state index in [1.54, 1.807) is 30.3 Å². The van der Waals surface area contributed by atoms with Crippen molar-refractivity contribution in [2.75, 3.05) is 0 Å². The lowest BCUT2D eigenvalue weighted by atomic mass is 9.95. The van der Waals surface area contributed by atoms with Gasteiger partial charge in [-0.1, -0.05) is 32.0 Å². The molecule has 1 heterocycles. The summed E-state index contributed by atoms with van der Waals surface area (Å²) in [7, 11) is 0. The Morgan fingerprint density at radius 3 is 2.27 bits per heavy atom. The molecule has 3 aromatic carbocycles. The molecule has 30 heavy (non-hydrogen) atoms. The minimum Gasteiger partial charge on any atom is -0.507 e. The molecule has 0 spiro atoms. The van der Waals surface area contributed by atoms with Crippen molar-refractivity contribution in [3.8, 4) is 22.6 Å². The van der Waals surface area contributed by atoms with Crippen LogP contribution < -0.4 is 0 Å². The van der Waals surface area contributed by atoms with E-state index in [2.05, 4.69) is 0 Å². The Balaban J connectivity index is 2.11. The van der Waals surface area contributed by atoms with Gasteiger partial charge in [-0.15, -0.1) is 0 Å². The number of nitrogens with zero attached hydrogens (tertiary/aromatic N) is 1. The van der Waals surface area contributed by atoms with Crippen LogP contribution in [0.2, 0.25) is 0 Å². The molecule has 2 N–H and O–H groups in total. The average molecular weight is 407 g/mol. The molecule has 0 aliphatic heterocycles.